The first-order valence-corrected chi connectivity index (χ1v) is 9.10. The van der Waals surface area contributed by atoms with Gasteiger partial charge in [0.1, 0.15) is 6.10 Å². The Balaban J connectivity index is 1.75. The van der Waals surface area contributed by atoms with E-state index in [0.717, 1.165) is 11.5 Å². The van der Waals surface area contributed by atoms with Crippen molar-refractivity contribution >= 4 is 27.4 Å². The molecule has 2 aromatic rings. The fourth-order valence-corrected chi connectivity index (χ4v) is 3.29. The lowest BCUT2D eigenvalue weighted by Crippen LogP contribution is -2.40. The van der Waals surface area contributed by atoms with E-state index >= 15 is 0 Å². The zero-order valence-corrected chi connectivity index (χ0v) is 15.4. The van der Waals surface area contributed by atoms with Crippen molar-refractivity contribution in [3.63, 3.8) is 0 Å². The number of aliphatic hydroxyl groups is 1. The third-order valence-corrected chi connectivity index (χ3v) is 4.67. The van der Waals surface area contributed by atoms with Crippen molar-refractivity contribution in [3.8, 4) is 0 Å². The van der Waals surface area contributed by atoms with Gasteiger partial charge in [-0.3, -0.25) is 4.99 Å². The lowest BCUT2D eigenvalue weighted by molar-refractivity contribution is 0.114. The highest BCUT2D eigenvalue weighted by atomic mass is 32.1. The summed E-state index contributed by atoms with van der Waals surface area (Å²) in [6, 6.07) is 10.2. The van der Waals surface area contributed by atoms with Gasteiger partial charge in [0.05, 0.1) is 6.61 Å². The van der Waals surface area contributed by atoms with Crippen LogP contribution in [0.15, 0.2) is 35.3 Å². The van der Waals surface area contributed by atoms with Crippen LogP contribution in [0.2, 0.25) is 0 Å². The summed E-state index contributed by atoms with van der Waals surface area (Å²) in [5.74, 6) is 1.21. The van der Waals surface area contributed by atoms with E-state index in [-0.39, 0.29) is 0 Å². The monoisotopic (exact) mass is 349 g/mol. The number of aliphatic hydroxyl groups excluding tert-OH is 1. The second-order valence-electron chi connectivity index (χ2n) is 6.05. The molecule has 1 unspecified atom stereocenters. The minimum absolute atomic E-state index is 0.416. The van der Waals surface area contributed by atoms with Crippen LogP contribution in [0, 0.1) is 5.92 Å². The van der Waals surface area contributed by atoms with Gasteiger partial charge >= 0.3 is 0 Å². The largest absolute Gasteiger partial charge is 0.386 e. The van der Waals surface area contributed by atoms with Crippen LogP contribution in [0.3, 0.4) is 0 Å². The third-order valence-electron chi connectivity index (χ3n) is 3.45. The van der Waals surface area contributed by atoms with Crippen LogP contribution in [0.5, 0.6) is 0 Å². The van der Waals surface area contributed by atoms with Gasteiger partial charge in [-0.05, 0) is 23.4 Å². The molecule has 1 atom stereocenters. The first-order chi connectivity index (χ1) is 11.6. The Morgan fingerprint density at radius 2 is 2.08 bits per heavy atom. The molecule has 3 N–H and O–H groups in total. The number of aliphatic imine (C=N–C) groups is 1. The van der Waals surface area contributed by atoms with Gasteiger partial charge in [-0.25, -0.2) is 0 Å². The highest BCUT2D eigenvalue weighted by molar-refractivity contribution is 7.19. The van der Waals surface area contributed by atoms with E-state index < -0.39 is 6.10 Å². The van der Waals surface area contributed by atoms with Gasteiger partial charge < -0.3 is 20.5 Å². The Morgan fingerprint density at radius 3 is 2.79 bits per heavy atom. The Hall–Kier alpha value is -1.63. The molecule has 132 valence electrons. The summed E-state index contributed by atoms with van der Waals surface area (Å²) in [5.41, 5.74) is 0. The molecule has 0 saturated heterocycles. The summed E-state index contributed by atoms with van der Waals surface area (Å²) in [5, 5.41) is 17.9. The number of ether oxygens (including phenoxy) is 1. The smallest absolute Gasteiger partial charge is 0.191 e. The van der Waals surface area contributed by atoms with Crippen LogP contribution < -0.4 is 10.6 Å². The minimum atomic E-state index is -0.557. The molecular weight excluding hydrogens is 322 g/mol. The van der Waals surface area contributed by atoms with E-state index in [4.69, 9.17) is 4.74 Å². The molecule has 0 spiro atoms. The summed E-state index contributed by atoms with van der Waals surface area (Å²) < 4.78 is 6.72. The standard InChI is InChI=1S/C18H27N3O2S/c1-13(2)12-23-9-8-20-18(19-3)21-11-15(22)17-10-14-6-4-5-7-16(14)24-17/h4-7,10,13,15,22H,8-9,11-12H2,1-3H3,(H2,19,20,21). The molecule has 5 nitrogen and oxygen atoms in total. The molecule has 1 heterocycles. The van der Waals surface area contributed by atoms with Crippen LogP contribution in [-0.2, 0) is 4.74 Å². The average Bonchev–Trinajstić information content (AvgIpc) is 3.01. The summed E-state index contributed by atoms with van der Waals surface area (Å²) in [6.07, 6.45) is -0.557. The zero-order chi connectivity index (χ0) is 17.4. The van der Waals surface area contributed by atoms with Crippen LogP contribution in [0.1, 0.15) is 24.8 Å². The van der Waals surface area contributed by atoms with Crippen molar-refractivity contribution < 1.29 is 9.84 Å². The van der Waals surface area contributed by atoms with E-state index in [9.17, 15) is 5.11 Å². The van der Waals surface area contributed by atoms with E-state index in [1.807, 2.05) is 18.2 Å². The molecule has 1 aromatic carbocycles. The van der Waals surface area contributed by atoms with Gasteiger partial charge in [0.25, 0.3) is 0 Å². The topological polar surface area (TPSA) is 65.9 Å². The maximum Gasteiger partial charge on any atom is 0.191 e. The van der Waals surface area contributed by atoms with Gasteiger partial charge in [0.15, 0.2) is 5.96 Å². The summed E-state index contributed by atoms with van der Waals surface area (Å²) in [6.45, 7) is 6.76. The van der Waals surface area contributed by atoms with Crippen molar-refractivity contribution in [3.05, 3.63) is 35.2 Å². The normalized spacial score (nSPS) is 13.5. The molecule has 0 bridgehead atoms. The fourth-order valence-electron chi connectivity index (χ4n) is 2.24. The van der Waals surface area contributed by atoms with Gasteiger partial charge in [0, 0.05) is 36.3 Å². The molecule has 2 rings (SSSR count). The Labute approximate surface area is 147 Å². The van der Waals surface area contributed by atoms with Crippen LogP contribution in [0.4, 0.5) is 0 Å². The highest BCUT2D eigenvalue weighted by Gasteiger charge is 2.12. The molecule has 0 amide bonds. The van der Waals surface area contributed by atoms with Crippen molar-refractivity contribution in [1.29, 1.82) is 0 Å². The predicted molar refractivity (Wildman–Crippen MR) is 102 cm³/mol. The number of hydrogen-bond acceptors (Lipinski definition) is 4. The van der Waals surface area contributed by atoms with Gasteiger partial charge in [-0.2, -0.15) is 0 Å². The Bertz CT molecular complexity index is 622. The molecule has 0 fully saturated rings. The first-order valence-electron chi connectivity index (χ1n) is 8.29. The molecule has 24 heavy (non-hydrogen) atoms. The highest BCUT2D eigenvalue weighted by Crippen LogP contribution is 2.29. The zero-order valence-electron chi connectivity index (χ0n) is 14.6. The Morgan fingerprint density at radius 1 is 1.29 bits per heavy atom. The molecule has 0 aliphatic carbocycles. The minimum Gasteiger partial charge on any atom is -0.386 e. The molecular formula is C18H27N3O2S. The lowest BCUT2D eigenvalue weighted by Gasteiger charge is -2.15. The van der Waals surface area contributed by atoms with Crippen molar-refractivity contribution in [2.24, 2.45) is 10.9 Å². The quantitative estimate of drug-likeness (QED) is 0.389. The first kappa shape index (κ1) is 18.7. The molecule has 0 radical (unpaired) electrons. The van der Waals surface area contributed by atoms with Crippen LogP contribution >= 0.6 is 11.3 Å². The predicted octanol–water partition coefficient (Wildman–Crippen LogP) is 2.77. The molecule has 0 aliphatic heterocycles. The van der Waals surface area contributed by atoms with Gasteiger partial charge in [0.2, 0.25) is 0 Å². The van der Waals surface area contributed by atoms with E-state index in [0.29, 0.717) is 31.6 Å². The molecule has 1 aromatic heterocycles. The summed E-state index contributed by atoms with van der Waals surface area (Å²) in [4.78, 5) is 5.12. The molecule has 0 saturated carbocycles. The van der Waals surface area contributed by atoms with E-state index in [1.165, 1.54) is 10.1 Å². The van der Waals surface area contributed by atoms with Crippen molar-refractivity contribution in [1.82, 2.24) is 10.6 Å². The molecule has 6 heteroatoms. The number of rotatable bonds is 8. The summed E-state index contributed by atoms with van der Waals surface area (Å²) >= 11 is 1.62. The number of guanidine groups is 1. The third kappa shape index (κ3) is 5.78. The number of fused-ring (bicyclic) bond motifs is 1. The number of benzene rings is 1. The molecule has 0 aliphatic rings. The van der Waals surface area contributed by atoms with Crippen molar-refractivity contribution in [2.45, 2.75) is 20.0 Å². The number of nitrogens with one attached hydrogen (secondary N) is 2. The van der Waals surface area contributed by atoms with Gasteiger partial charge in [-0.15, -0.1) is 11.3 Å². The lowest BCUT2D eigenvalue weighted by atomic mass is 10.2. The second kappa shape index (κ2) is 9.61. The van der Waals surface area contributed by atoms with Crippen LogP contribution in [0.25, 0.3) is 10.1 Å². The number of nitrogens with zero attached hydrogens (tertiary/aromatic N) is 1. The average molecular weight is 350 g/mol. The SMILES string of the molecule is CN=C(NCCOCC(C)C)NCC(O)c1cc2ccccc2s1. The number of thiophene rings is 1. The van der Waals surface area contributed by atoms with Gasteiger partial charge in [-0.1, -0.05) is 32.0 Å². The van der Waals surface area contributed by atoms with Crippen molar-refractivity contribution in [2.75, 3.05) is 33.4 Å². The second-order valence-corrected chi connectivity index (χ2v) is 7.17. The Kier molecular flexibility index (Phi) is 7.49. The van der Waals surface area contributed by atoms with E-state index in [2.05, 4.69) is 41.6 Å². The van der Waals surface area contributed by atoms with E-state index in [1.54, 1.807) is 18.4 Å². The maximum absolute atomic E-state index is 10.4. The van der Waals surface area contributed by atoms with Crippen LogP contribution in [-0.4, -0.2) is 44.4 Å². The number of hydrogen-bond donors (Lipinski definition) is 3. The summed E-state index contributed by atoms with van der Waals surface area (Å²) in [7, 11) is 1.72. The maximum atomic E-state index is 10.4. The fraction of sp³-hybridized carbons (Fsp3) is 0.500.